The number of nitrogens with one attached hydrogen (secondary N) is 3. The van der Waals surface area contributed by atoms with E-state index >= 15 is 0 Å². The number of anilines is 1. The van der Waals surface area contributed by atoms with E-state index in [0.717, 1.165) is 12.1 Å². The van der Waals surface area contributed by atoms with Crippen LogP contribution in [0.15, 0.2) is 40.7 Å². The zero-order chi connectivity index (χ0) is 23.6. The van der Waals surface area contributed by atoms with Crippen molar-refractivity contribution in [2.24, 2.45) is 5.92 Å². The lowest BCUT2D eigenvalue weighted by Crippen LogP contribution is -2.43. The number of ketones is 1. The van der Waals surface area contributed by atoms with Crippen LogP contribution in [0.1, 0.15) is 47.0 Å². The van der Waals surface area contributed by atoms with Gasteiger partial charge in [-0.25, -0.2) is 4.79 Å². The first kappa shape index (κ1) is 24.1. The third-order valence-electron chi connectivity index (χ3n) is 5.17. The monoisotopic (exact) mass is 479 g/mol. The number of carbonyl (C=O) groups is 3. The van der Waals surface area contributed by atoms with Crippen molar-refractivity contribution in [1.82, 2.24) is 10.6 Å². The summed E-state index contributed by atoms with van der Waals surface area (Å²) in [5.74, 6) is -1.09. The Hall–Kier alpha value is -2.51. The van der Waals surface area contributed by atoms with Crippen LogP contribution in [-0.4, -0.2) is 29.9 Å². The fraction of sp³-hybridized carbons (Fsp3) is 0.435. The molecule has 0 fully saturated rings. The van der Waals surface area contributed by atoms with Crippen molar-refractivity contribution in [2.45, 2.75) is 52.6 Å². The molecule has 2 amide bonds. The van der Waals surface area contributed by atoms with Crippen molar-refractivity contribution in [3.05, 3.63) is 50.8 Å². The van der Waals surface area contributed by atoms with E-state index < -0.39 is 23.5 Å². The van der Waals surface area contributed by atoms with Gasteiger partial charge in [-0.1, -0.05) is 23.2 Å². The normalized spacial score (nSPS) is 18.7. The Bertz CT molecular complexity index is 1020. The first-order valence-electron chi connectivity index (χ1n) is 10.4. The van der Waals surface area contributed by atoms with Gasteiger partial charge in [0.05, 0.1) is 10.7 Å². The van der Waals surface area contributed by atoms with Crippen molar-refractivity contribution >= 4 is 46.7 Å². The van der Waals surface area contributed by atoms with Crippen LogP contribution < -0.4 is 16.0 Å². The van der Waals surface area contributed by atoms with Crippen molar-refractivity contribution in [3.63, 3.8) is 0 Å². The van der Waals surface area contributed by atoms with E-state index in [9.17, 15) is 14.4 Å². The molecule has 172 valence electrons. The molecule has 32 heavy (non-hydrogen) atoms. The minimum Gasteiger partial charge on any atom is -0.444 e. The molecular weight excluding hydrogens is 453 g/mol. The van der Waals surface area contributed by atoms with Gasteiger partial charge in [-0.2, -0.15) is 0 Å². The molecule has 1 aliphatic heterocycles. The smallest absolute Gasteiger partial charge is 0.407 e. The van der Waals surface area contributed by atoms with Gasteiger partial charge in [0.25, 0.3) is 5.91 Å². The Labute approximate surface area is 197 Å². The molecular formula is C23H27Cl2N3O4. The molecule has 0 saturated heterocycles. The number of carbonyl (C=O) groups excluding carboxylic acids is 3. The molecule has 0 bridgehead atoms. The topological polar surface area (TPSA) is 96.5 Å². The predicted octanol–water partition coefficient (Wildman–Crippen LogP) is 4.96. The minimum absolute atomic E-state index is 0.0340. The molecule has 0 saturated carbocycles. The summed E-state index contributed by atoms with van der Waals surface area (Å²) in [7, 11) is 0. The Morgan fingerprint density at radius 2 is 1.94 bits per heavy atom. The number of allylic oxidation sites excluding steroid dienone is 2. The molecule has 3 rings (SSSR count). The highest BCUT2D eigenvalue weighted by atomic mass is 35.5. The molecule has 0 radical (unpaired) electrons. The van der Waals surface area contributed by atoms with Crippen LogP contribution in [0.2, 0.25) is 10.0 Å². The third-order valence-corrected chi connectivity index (χ3v) is 5.73. The second-order valence-corrected chi connectivity index (χ2v) is 9.69. The van der Waals surface area contributed by atoms with Gasteiger partial charge in [-0.15, -0.1) is 0 Å². The summed E-state index contributed by atoms with van der Waals surface area (Å²) in [5.41, 5.74) is 1.99. The number of hydrogen-bond acceptors (Lipinski definition) is 5. The molecule has 3 N–H and O–H groups in total. The van der Waals surface area contributed by atoms with Gasteiger partial charge in [0.2, 0.25) is 0 Å². The summed E-state index contributed by atoms with van der Waals surface area (Å²) in [4.78, 5) is 38.4. The van der Waals surface area contributed by atoms with Crippen molar-refractivity contribution in [1.29, 1.82) is 0 Å². The van der Waals surface area contributed by atoms with Crippen LogP contribution in [0.4, 0.5) is 10.5 Å². The molecule has 0 aromatic heterocycles. The molecule has 9 heteroatoms. The fourth-order valence-corrected chi connectivity index (χ4v) is 4.25. The molecule has 1 heterocycles. The van der Waals surface area contributed by atoms with E-state index in [4.69, 9.17) is 27.9 Å². The van der Waals surface area contributed by atoms with Crippen LogP contribution in [0, 0.1) is 5.92 Å². The van der Waals surface area contributed by atoms with Gasteiger partial charge in [0.15, 0.2) is 5.78 Å². The number of halogens is 2. The van der Waals surface area contributed by atoms with Gasteiger partial charge < -0.3 is 20.7 Å². The minimum atomic E-state index is -0.668. The van der Waals surface area contributed by atoms with Crippen LogP contribution in [0.3, 0.4) is 0 Å². The number of benzene rings is 1. The summed E-state index contributed by atoms with van der Waals surface area (Å²) in [6, 6.07) is 4.77. The van der Waals surface area contributed by atoms with Crippen molar-refractivity contribution in [3.8, 4) is 0 Å². The number of ether oxygens (including phenoxy) is 1. The predicted molar refractivity (Wildman–Crippen MR) is 125 cm³/mol. The summed E-state index contributed by atoms with van der Waals surface area (Å²) in [5, 5.41) is 9.48. The van der Waals surface area contributed by atoms with E-state index in [1.807, 2.05) is 0 Å². The summed E-state index contributed by atoms with van der Waals surface area (Å²) in [6.07, 6.45) is 1.23. The third kappa shape index (κ3) is 5.64. The lowest BCUT2D eigenvalue weighted by atomic mass is 9.78. The van der Waals surface area contributed by atoms with E-state index in [-0.39, 0.29) is 12.3 Å². The average Bonchev–Trinajstić information content (AvgIpc) is 2.67. The van der Waals surface area contributed by atoms with E-state index in [1.165, 1.54) is 0 Å². The Balaban J connectivity index is 1.91. The van der Waals surface area contributed by atoms with E-state index in [0.29, 0.717) is 45.4 Å². The molecule has 1 aliphatic carbocycles. The molecule has 1 aromatic rings. The second kappa shape index (κ2) is 9.55. The number of alkyl carbamates (subject to hydrolysis) is 1. The quantitative estimate of drug-likeness (QED) is 0.566. The van der Waals surface area contributed by atoms with E-state index in [1.54, 1.807) is 45.9 Å². The van der Waals surface area contributed by atoms with Crippen molar-refractivity contribution in [2.75, 3.05) is 11.9 Å². The maximum absolute atomic E-state index is 13.3. The first-order chi connectivity index (χ1) is 15.0. The first-order valence-corrected chi connectivity index (χ1v) is 11.2. The number of rotatable bonds is 4. The second-order valence-electron chi connectivity index (χ2n) is 8.85. The Morgan fingerprint density at radius 1 is 1.22 bits per heavy atom. The maximum Gasteiger partial charge on any atom is 0.407 e. The van der Waals surface area contributed by atoms with Crippen LogP contribution in [0.25, 0.3) is 0 Å². The highest BCUT2D eigenvalue weighted by Crippen LogP contribution is 2.36. The summed E-state index contributed by atoms with van der Waals surface area (Å²) < 4.78 is 5.32. The standard InChI is InChI=1S/C23H27Cl2N3O4/c1-12-19(21(30)28-17-10-13(24)8-9-15(17)25)14(11-26-22(31)32-23(2,3)4)20-16(27-12)6-5-7-18(20)29/h8-10,14,27H,5-7,11H2,1-4H3,(H,26,31)(H,28,30). The average molecular weight is 480 g/mol. The van der Waals surface area contributed by atoms with Crippen LogP contribution >= 0.6 is 23.2 Å². The Kier molecular flexibility index (Phi) is 7.20. The zero-order valence-electron chi connectivity index (χ0n) is 18.5. The molecule has 7 nitrogen and oxygen atoms in total. The fourth-order valence-electron chi connectivity index (χ4n) is 3.91. The molecule has 1 unspecified atom stereocenters. The number of hydrogen-bond donors (Lipinski definition) is 3. The van der Waals surface area contributed by atoms with Gasteiger partial charge in [0, 0.05) is 46.4 Å². The van der Waals surface area contributed by atoms with Gasteiger partial charge in [0.1, 0.15) is 5.60 Å². The lowest BCUT2D eigenvalue weighted by Gasteiger charge is -2.34. The van der Waals surface area contributed by atoms with E-state index in [2.05, 4.69) is 16.0 Å². The van der Waals surface area contributed by atoms with Crippen LogP contribution in [-0.2, 0) is 14.3 Å². The largest absolute Gasteiger partial charge is 0.444 e. The highest BCUT2D eigenvalue weighted by molar-refractivity contribution is 6.36. The number of Topliss-reactive ketones (excluding diaryl/α,β-unsaturated/α-hetero) is 1. The zero-order valence-corrected chi connectivity index (χ0v) is 20.0. The highest BCUT2D eigenvalue weighted by Gasteiger charge is 2.38. The van der Waals surface area contributed by atoms with Crippen LogP contribution in [0.5, 0.6) is 0 Å². The lowest BCUT2D eigenvalue weighted by molar-refractivity contribution is -0.116. The van der Waals surface area contributed by atoms with Gasteiger partial charge in [-0.3, -0.25) is 9.59 Å². The number of amides is 2. The molecule has 1 atom stereocenters. The summed E-state index contributed by atoms with van der Waals surface area (Å²) >= 11 is 12.3. The molecule has 0 spiro atoms. The van der Waals surface area contributed by atoms with Gasteiger partial charge >= 0.3 is 6.09 Å². The van der Waals surface area contributed by atoms with Gasteiger partial charge in [-0.05, 0) is 58.7 Å². The summed E-state index contributed by atoms with van der Waals surface area (Å²) in [6.45, 7) is 7.11. The number of dihydropyridines is 1. The van der Waals surface area contributed by atoms with Crippen molar-refractivity contribution < 1.29 is 19.1 Å². The SMILES string of the molecule is CC1=C(C(=O)Nc2cc(Cl)ccc2Cl)C(CNC(=O)OC(C)(C)C)C2=C(CCCC2=O)N1. The Morgan fingerprint density at radius 3 is 2.62 bits per heavy atom. The molecule has 2 aliphatic rings. The molecule has 1 aromatic carbocycles. The maximum atomic E-state index is 13.3.